The van der Waals surface area contributed by atoms with E-state index in [1.165, 1.54) is 18.5 Å². The Labute approximate surface area is 97.8 Å². The number of aromatic nitrogens is 1. The van der Waals surface area contributed by atoms with Gasteiger partial charge in [0.2, 0.25) is 0 Å². The molecule has 0 spiro atoms. The second-order valence-corrected chi connectivity index (χ2v) is 3.83. The van der Waals surface area contributed by atoms with Crippen LogP contribution in [0.4, 0.5) is 0 Å². The van der Waals surface area contributed by atoms with Gasteiger partial charge in [-0.3, -0.25) is 9.78 Å². The van der Waals surface area contributed by atoms with E-state index in [4.69, 9.17) is 29.6 Å². The van der Waals surface area contributed by atoms with Crippen molar-refractivity contribution in [2.24, 2.45) is 5.73 Å². The molecule has 0 aromatic carbocycles. The number of carbonyl (C=O) groups is 1. The molecule has 1 heterocycles. The minimum Gasteiger partial charge on any atom is -0.392 e. The van der Waals surface area contributed by atoms with Crippen molar-refractivity contribution >= 4 is 34.7 Å². The zero-order chi connectivity index (χ0) is 11.4. The third-order valence-corrected chi connectivity index (χ3v) is 2.45. The first-order valence-corrected chi connectivity index (χ1v) is 5.00. The predicted molar refractivity (Wildman–Crippen MR) is 63.0 cm³/mol. The van der Waals surface area contributed by atoms with Crippen molar-refractivity contribution in [2.75, 3.05) is 0 Å². The molecule has 0 aliphatic carbocycles. The molecule has 0 saturated carbocycles. The van der Waals surface area contributed by atoms with Crippen LogP contribution in [0.1, 0.15) is 17.3 Å². The zero-order valence-electron chi connectivity index (χ0n) is 8.03. The number of thiocarbonyl (C=S) groups is 1. The molecule has 1 amide bonds. The highest BCUT2D eigenvalue weighted by molar-refractivity contribution is 7.80. The molecule has 1 aromatic heterocycles. The highest BCUT2D eigenvalue weighted by Crippen LogP contribution is 2.12. The fraction of sp³-hybridized carbons (Fsp3) is 0.222. The van der Waals surface area contributed by atoms with Crippen LogP contribution in [0.5, 0.6) is 0 Å². The lowest BCUT2D eigenvalue weighted by Crippen LogP contribution is -2.41. The van der Waals surface area contributed by atoms with E-state index in [0.717, 1.165) is 0 Å². The van der Waals surface area contributed by atoms with Crippen LogP contribution in [-0.2, 0) is 0 Å². The third kappa shape index (κ3) is 3.14. The molecule has 0 aliphatic rings. The number of nitrogens with zero attached hydrogens (tertiary/aromatic N) is 1. The fourth-order valence-corrected chi connectivity index (χ4v) is 1.17. The van der Waals surface area contributed by atoms with E-state index in [2.05, 4.69) is 10.3 Å². The van der Waals surface area contributed by atoms with E-state index in [0.29, 0.717) is 10.6 Å². The SMILES string of the molecule is CC(NC(=O)c1ccncc1Cl)C(N)=S. The molecule has 15 heavy (non-hydrogen) atoms. The Morgan fingerprint density at radius 1 is 1.73 bits per heavy atom. The molecular weight excluding hydrogens is 234 g/mol. The molecule has 80 valence electrons. The summed E-state index contributed by atoms with van der Waals surface area (Å²) in [5, 5.41) is 2.92. The second kappa shape index (κ2) is 5.04. The van der Waals surface area contributed by atoms with Crippen molar-refractivity contribution in [1.82, 2.24) is 10.3 Å². The van der Waals surface area contributed by atoms with Gasteiger partial charge in [-0.05, 0) is 13.0 Å². The second-order valence-electron chi connectivity index (χ2n) is 2.95. The summed E-state index contributed by atoms with van der Waals surface area (Å²) in [5.74, 6) is -0.317. The maximum Gasteiger partial charge on any atom is 0.253 e. The first-order valence-electron chi connectivity index (χ1n) is 4.22. The molecule has 6 heteroatoms. The van der Waals surface area contributed by atoms with Gasteiger partial charge < -0.3 is 11.1 Å². The molecule has 0 saturated heterocycles. The van der Waals surface area contributed by atoms with E-state index >= 15 is 0 Å². The number of halogens is 1. The molecule has 1 atom stereocenters. The minimum atomic E-state index is -0.364. The maximum atomic E-state index is 11.6. The fourth-order valence-electron chi connectivity index (χ4n) is 0.905. The summed E-state index contributed by atoms with van der Waals surface area (Å²) in [4.78, 5) is 15.7. The van der Waals surface area contributed by atoms with Crippen molar-refractivity contribution < 1.29 is 4.79 Å². The smallest absolute Gasteiger partial charge is 0.253 e. The molecule has 0 fully saturated rings. The Kier molecular flexibility index (Phi) is 3.99. The van der Waals surface area contributed by atoms with Crippen molar-refractivity contribution in [3.63, 3.8) is 0 Å². The number of nitrogens with two attached hydrogens (primary N) is 1. The Hall–Kier alpha value is -1.20. The summed E-state index contributed by atoms with van der Waals surface area (Å²) in [6.45, 7) is 1.70. The topological polar surface area (TPSA) is 68.0 Å². The van der Waals surface area contributed by atoms with Gasteiger partial charge in [0.15, 0.2) is 0 Å². The Morgan fingerprint density at radius 3 is 2.93 bits per heavy atom. The summed E-state index contributed by atoms with van der Waals surface area (Å²) in [5.41, 5.74) is 5.73. The van der Waals surface area contributed by atoms with Crippen molar-refractivity contribution in [3.05, 3.63) is 29.0 Å². The number of pyridine rings is 1. The van der Waals surface area contributed by atoms with Crippen LogP contribution >= 0.6 is 23.8 Å². The normalized spacial score (nSPS) is 11.9. The molecule has 4 nitrogen and oxygen atoms in total. The van der Waals surface area contributed by atoms with Crippen molar-refractivity contribution in [1.29, 1.82) is 0 Å². The standard InChI is InChI=1S/C9H10ClN3OS/c1-5(8(11)15)13-9(14)6-2-3-12-4-7(6)10/h2-5H,1H3,(H2,11,15)(H,13,14). The van der Waals surface area contributed by atoms with Gasteiger partial charge in [-0.1, -0.05) is 23.8 Å². The van der Waals surface area contributed by atoms with Gasteiger partial charge in [-0.2, -0.15) is 0 Å². The third-order valence-electron chi connectivity index (χ3n) is 1.79. The van der Waals surface area contributed by atoms with Crippen LogP contribution in [0.3, 0.4) is 0 Å². The molecular formula is C9H10ClN3OS. The summed E-state index contributed by atoms with van der Waals surface area (Å²) in [6.07, 6.45) is 2.90. The van der Waals surface area contributed by atoms with E-state index in [9.17, 15) is 4.79 Å². The van der Waals surface area contributed by atoms with Crippen LogP contribution in [0, 0.1) is 0 Å². The molecule has 0 bridgehead atoms. The average Bonchev–Trinajstić information content (AvgIpc) is 2.18. The lowest BCUT2D eigenvalue weighted by molar-refractivity contribution is 0.0949. The summed E-state index contributed by atoms with van der Waals surface area (Å²) < 4.78 is 0. The summed E-state index contributed by atoms with van der Waals surface area (Å²) in [7, 11) is 0. The first kappa shape index (κ1) is 11.9. The molecule has 0 aliphatic heterocycles. The molecule has 3 N–H and O–H groups in total. The van der Waals surface area contributed by atoms with Gasteiger partial charge in [-0.15, -0.1) is 0 Å². The van der Waals surface area contributed by atoms with E-state index in [1.54, 1.807) is 6.92 Å². The van der Waals surface area contributed by atoms with Crippen molar-refractivity contribution in [3.8, 4) is 0 Å². The molecule has 1 aromatic rings. The lowest BCUT2D eigenvalue weighted by atomic mass is 10.2. The highest BCUT2D eigenvalue weighted by Gasteiger charge is 2.13. The van der Waals surface area contributed by atoms with Crippen LogP contribution in [0.15, 0.2) is 18.5 Å². The largest absolute Gasteiger partial charge is 0.392 e. The number of rotatable bonds is 3. The average molecular weight is 244 g/mol. The Bertz CT molecular complexity index is 397. The number of amides is 1. The van der Waals surface area contributed by atoms with E-state index in [-0.39, 0.29) is 16.9 Å². The molecule has 0 radical (unpaired) electrons. The molecule has 1 unspecified atom stereocenters. The minimum absolute atomic E-state index is 0.230. The quantitative estimate of drug-likeness (QED) is 0.782. The van der Waals surface area contributed by atoms with Gasteiger partial charge in [0.25, 0.3) is 5.91 Å². The zero-order valence-corrected chi connectivity index (χ0v) is 9.60. The predicted octanol–water partition coefficient (Wildman–Crippen LogP) is 1.14. The van der Waals surface area contributed by atoms with Gasteiger partial charge in [0.05, 0.1) is 21.6 Å². The van der Waals surface area contributed by atoms with E-state index in [1.807, 2.05) is 0 Å². The number of nitrogens with one attached hydrogen (secondary N) is 1. The van der Waals surface area contributed by atoms with Crippen LogP contribution in [0.25, 0.3) is 0 Å². The van der Waals surface area contributed by atoms with Crippen molar-refractivity contribution in [2.45, 2.75) is 13.0 Å². The van der Waals surface area contributed by atoms with E-state index < -0.39 is 0 Å². The molecule has 1 rings (SSSR count). The van der Waals surface area contributed by atoms with Gasteiger partial charge in [0, 0.05) is 12.4 Å². The Morgan fingerprint density at radius 2 is 2.40 bits per heavy atom. The van der Waals surface area contributed by atoms with Gasteiger partial charge >= 0.3 is 0 Å². The lowest BCUT2D eigenvalue weighted by Gasteiger charge is -2.12. The first-order chi connectivity index (χ1) is 7.02. The number of carbonyl (C=O) groups excluding carboxylic acids is 1. The monoisotopic (exact) mass is 243 g/mol. The van der Waals surface area contributed by atoms with Gasteiger partial charge in [-0.25, -0.2) is 0 Å². The van der Waals surface area contributed by atoms with Crippen LogP contribution in [0.2, 0.25) is 5.02 Å². The maximum absolute atomic E-state index is 11.6. The van der Waals surface area contributed by atoms with Crippen LogP contribution < -0.4 is 11.1 Å². The summed E-state index contributed by atoms with van der Waals surface area (Å²) in [6, 6.07) is 1.17. The van der Waals surface area contributed by atoms with Crippen LogP contribution in [-0.4, -0.2) is 21.9 Å². The Balaban J connectivity index is 2.78. The number of hydrogen-bond acceptors (Lipinski definition) is 3. The summed E-state index contributed by atoms with van der Waals surface area (Å²) >= 11 is 10.5. The van der Waals surface area contributed by atoms with Gasteiger partial charge in [0.1, 0.15) is 0 Å². The highest BCUT2D eigenvalue weighted by atomic mass is 35.5. The number of hydrogen-bond donors (Lipinski definition) is 2.